The summed E-state index contributed by atoms with van der Waals surface area (Å²) in [5, 5.41) is 3.50. The first kappa shape index (κ1) is 14.1. The Bertz CT molecular complexity index is 538. The van der Waals surface area contributed by atoms with Crippen LogP contribution in [-0.4, -0.2) is 27.5 Å². The molecule has 1 fully saturated rings. The highest BCUT2D eigenvalue weighted by molar-refractivity contribution is 8.00. The van der Waals surface area contributed by atoms with Crippen LogP contribution in [0.15, 0.2) is 6.07 Å². The molecule has 0 bridgehead atoms. The molecule has 2 aliphatic rings. The standard InChI is InChI=1S/C15H21N3S2/c1-20-15(6-7-15)9-17-14-11(13(16)19)8-10-4-2-3-5-12(10)18-14/h8H,2-7,9H2,1H3,(H2,16,19)(H,17,18). The third kappa shape index (κ3) is 2.79. The van der Waals surface area contributed by atoms with Crippen LogP contribution >= 0.6 is 24.0 Å². The molecular weight excluding hydrogens is 286 g/mol. The van der Waals surface area contributed by atoms with Gasteiger partial charge in [-0.15, -0.1) is 0 Å². The zero-order valence-electron chi connectivity index (χ0n) is 11.9. The van der Waals surface area contributed by atoms with Crippen molar-refractivity contribution in [1.82, 2.24) is 4.98 Å². The zero-order chi connectivity index (χ0) is 14.2. The van der Waals surface area contributed by atoms with E-state index in [1.807, 2.05) is 11.8 Å². The van der Waals surface area contributed by atoms with E-state index in [2.05, 4.69) is 17.6 Å². The third-order valence-corrected chi connectivity index (χ3v) is 6.02. The maximum Gasteiger partial charge on any atom is 0.136 e. The topological polar surface area (TPSA) is 50.9 Å². The van der Waals surface area contributed by atoms with Crippen molar-refractivity contribution in [3.63, 3.8) is 0 Å². The Morgan fingerprint density at radius 1 is 1.45 bits per heavy atom. The Morgan fingerprint density at radius 2 is 2.20 bits per heavy atom. The number of anilines is 1. The predicted molar refractivity (Wildman–Crippen MR) is 90.7 cm³/mol. The minimum atomic E-state index is 0.408. The second-order valence-corrected chi connectivity index (χ2v) is 7.52. The van der Waals surface area contributed by atoms with Crippen LogP contribution in [0.25, 0.3) is 0 Å². The summed E-state index contributed by atoms with van der Waals surface area (Å²) in [6, 6.07) is 2.16. The smallest absolute Gasteiger partial charge is 0.136 e. The van der Waals surface area contributed by atoms with E-state index in [9.17, 15) is 0 Å². The van der Waals surface area contributed by atoms with Gasteiger partial charge in [-0.05, 0) is 56.4 Å². The third-order valence-electron chi connectivity index (χ3n) is 4.38. The lowest BCUT2D eigenvalue weighted by Gasteiger charge is -2.20. The van der Waals surface area contributed by atoms with Gasteiger partial charge in [0.05, 0.1) is 5.56 Å². The molecule has 0 saturated heterocycles. The molecule has 0 atom stereocenters. The molecule has 0 unspecified atom stereocenters. The molecule has 0 aliphatic heterocycles. The Balaban J connectivity index is 1.85. The van der Waals surface area contributed by atoms with Crippen LogP contribution in [0, 0.1) is 0 Å². The van der Waals surface area contributed by atoms with Gasteiger partial charge in [-0.1, -0.05) is 12.2 Å². The Kier molecular flexibility index (Phi) is 3.91. The second-order valence-electron chi connectivity index (χ2n) is 5.80. The summed E-state index contributed by atoms with van der Waals surface area (Å²) < 4.78 is 0.408. The van der Waals surface area contributed by atoms with Crippen molar-refractivity contribution in [2.75, 3.05) is 18.1 Å². The number of rotatable bonds is 5. The molecule has 3 rings (SSSR count). The number of aromatic nitrogens is 1. The van der Waals surface area contributed by atoms with Gasteiger partial charge in [-0.25, -0.2) is 4.98 Å². The average molecular weight is 307 g/mol. The Hall–Kier alpha value is -0.810. The minimum absolute atomic E-state index is 0.408. The van der Waals surface area contributed by atoms with E-state index in [1.54, 1.807) is 0 Å². The summed E-state index contributed by atoms with van der Waals surface area (Å²) in [5.74, 6) is 0.887. The van der Waals surface area contributed by atoms with Gasteiger partial charge in [-0.3, -0.25) is 0 Å². The first-order chi connectivity index (χ1) is 9.63. The number of hydrogen-bond donors (Lipinski definition) is 2. The molecule has 3 N–H and O–H groups in total. The van der Waals surface area contributed by atoms with Crippen LogP contribution in [0.5, 0.6) is 0 Å². The van der Waals surface area contributed by atoms with E-state index in [-0.39, 0.29) is 0 Å². The number of aryl methyl sites for hydroxylation is 2. The normalized spacial score (nSPS) is 19.2. The van der Waals surface area contributed by atoms with Crippen molar-refractivity contribution < 1.29 is 0 Å². The zero-order valence-corrected chi connectivity index (χ0v) is 13.5. The van der Waals surface area contributed by atoms with Crippen molar-refractivity contribution in [3.05, 3.63) is 22.9 Å². The molecule has 20 heavy (non-hydrogen) atoms. The summed E-state index contributed by atoms with van der Waals surface area (Å²) in [7, 11) is 0. The molecule has 0 radical (unpaired) electrons. The van der Waals surface area contributed by atoms with E-state index in [0.29, 0.717) is 9.74 Å². The van der Waals surface area contributed by atoms with Gasteiger partial charge in [0.25, 0.3) is 0 Å². The van der Waals surface area contributed by atoms with Gasteiger partial charge in [0.1, 0.15) is 10.8 Å². The first-order valence-electron chi connectivity index (χ1n) is 7.25. The van der Waals surface area contributed by atoms with E-state index < -0.39 is 0 Å². The van der Waals surface area contributed by atoms with Crippen molar-refractivity contribution in [2.24, 2.45) is 5.73 Å². The highest BCUT2D eigenvalue weighted by atomic mass is 32.2. The van der Waals surface area contributed by atoms with Crippen molar-refractivity contribution in [1.29, 1.82) is 0 Å². The van der Waals surface area contributed by atoms with Gasteiger partial charge >= 0.3 is 0 Å². The van der Waals surface area contributed by atoms with Crippen molar-refractivity contribution >= 4 is 34.8 Å². The van der Waals surface area contributed by atoms with E-state index >= 15 is 0 Å². The number of nitrogens with one attached hydrogen (secondary N) is 1. The van der Waals surface area contributed by atoms with Crippen LogP contribution in [0.2, 0.25) is 0 Å². The molecule has 1 saturated carbocycles. The summed E-state index contributed by atoms with van der Waals surface area (Å²) >= 11 is 7.14. The summed E-state index contributed by atoms with van der Waals surface area (Å²) in [4.78, 5) is 5.26. The van der Waals surface area contributed by atoms with E-state index in [4.69, 9.17) is 22.9 Å². The fourth-order valence-electron chi connectivity index (χ4n) is 2.79. The minimum Gasteiger partial charge on any atom is -0.389 e. The fraction of sp³-hybridized carbons (Fsp3) is 0.600. The number of hydrogen-bond acceptors (Lipinski definition) is 4. The Morgan fingerprint density at radius 3 is 2.85 bits per heavy atom. The molecule has 5 heteroatoms. The van der Waals surface area contributed by atoms with E-state index in [1.165, 1.54) is 36.9 Å². The summed E-state index contributed by atoms with van der Waals surface area (Å²) in [6.07, 6.45) is 9.42. The number of nitrogens with zero attached hydrogens (tertiary/aromatic N) is 1. The van der Waals surface area contributed by atoms with E-state index in [0.717, 1.165) is 30.8 Å². The molecule has 1 aromatic rings. The number of thiocarbonyl (C=S) groups is 1. The van der Waals surface area contributed by atoms with Gasteiger partial charge in [0.2, 0.25) is 0 Å². The molecular formula is C15H21N3S2. The van der Waals surface area contributed by atoms with Crippen LogP contribution in [-0.2, 0) is 12.8 Å². The SMILES string of the molecule is CSC1(CNc2nc3c(cc2C(N)=S)CCCC3)CC1. The maximum atomic E-state index is 5.88. The summed E-state index contributed by atoms with van der Waals surface area (Å²) in [5.41, 5.74) is 9.35. The quantitative estimate of drug-likeness (QED) is 0.819. The molecule has 0 spiro atoms. The molecule has 2 aliphatic carbocycles. The van der Waals surface area contributed by atoms with Crippen LogP contribution < -0.4 is 11.1 Å². The monoisotopic (exact) mass is 307 g/mol. The lowest BCUT2D eigenvalue weighted by molar-refractivity contribution is 0.668. The largest absolute Gasteiger partial charge is 0.389 e. The van der Waals surface area contributed by atoms with Gasteiger partial charge in [0.15, 0.2) is 0 Å². The fourth-order valence-corrected chi connectivity index (χ4v) is 3.68. The molecule has 3 nitrogen and oxygen atoms in total. The van der Waals surface area contributed by atoms with Crippen LogP contribution in [0.3, 0.4) is 0 Å². The molecule has 1 aromatic heterocycles. The maximum absolute atomic E-state index is 5.88. The van der Waals surface area contributed by atoms with Crippen molar-refractivity contribution in [3.8, 4) is 0 Å². The highest BCUT2D eigenvalue weighted by Gasteiger charge is 2.41. The number of pyridine rings is 1. The lowest BCUT2D eigenvalue weighted by atomic mass is 9.94. The van der Waals surface area contributed by atoms with Gasteiger partial charge < -0.3 is 11.1 Å². The molecule has 1 heterocycles. The average Bonchev–Trinajstić information content (AvgIpc) is 3.24. The van der Waals surface area contributed by atoms with Crippen LogP contribution in [0.1, 0.15) is 42.5 Å². The van der Waals surface area contributed by atoms with Crippen molar-refractivity contribution in [2.45, 2.75) is 43.3 Å². The number of nitrogens with two attached hydrogens (primary N) is 1. The van der Waals surface area contributed by atoms with Gasteiger partial charge in [0, 0.05) is 17.0 Å². The molecule has 0 aromatic carbocycles. The second kappa shape index (κ2) is 5.53. The first-order valence-corrected chi connectivity index (χ1v) is 8.88. The summed E-state index contributed by atoms with van der Waals surface area (Å²) in [6.45, 7) is 0.954. The molecule has 108 valence electrons. The molecule has 0 amide bonds. The number of fused-ring (bicyclic) bond motifs is 1. The van der Waals surface area contributed by atoms with Gasteiger partial charge in [-0.2, -0.15) is 11.8 Å². The lowest BCUT2D eigenvalue weighted by Crippen LogP contribution is -2.23. The highest BCUT2D eigenvalue weighted by Crippen LogP contribution is 2.47. The van der Waals surface area contributed by atoms with Crippen LogP contribution in [0.4, 0.5) is 5.82 Å². The number of thioether (sulfide) groups is 1. The predicted octanol–water partition coefficient (Wildman–Crippen LogP) is 2.90. The Labute approximate surface area is 130 Å².